The zero-order valence-electron chi connectivity index (χ0n) is 11.7. The normalized spacial score (nSPS) is 11.8. The third-order valence-electron chi connectivity index (χ3n) is 2.81. The van der Waals surface area contributed by atoms with Gasteiger partial charge >= 0.3 is 0 Å². The van der Waals surface area contributed by atoms with Crippen molar-refractivity contribution >= 4 is 0 Å². The van der Waals surface area contributed by atoms with Crippen molar-refractivity contribution < 1.29 is 9.13 Å². The fourth-order valence-electron chi connectivity index (χ4n) is 1.86. The van der Waals surface area contributed by atoms with Gasteiger partial charge < -0.3 is 10.5 Å². The van der Waals surface area contributed by atoms with E-state index in [0.29, 0.717) is 18.1 Å². The number of halogens is 1. The van der Waals surface area contributed by atoms with Crippen LogP contribution in [0.1, 0.15) is 37.8 Å². The van der Waals surface area contributed by atoms with E-state index in [0.717, 1.165) is 18.6 Å². The molecule has 1 aromatic rings. The highest BCUT2D eigenvalue weighted by atomic mass is 19.1. The van der Waals surface area contributed by atoms with Gasteiger partial charge in [0.1, 0.15) is 5.82 Å². The molecule has 1 rings (SSSR count). The molecule has 0 heterocycles. The maximum atomic E-state index is 13.5. The number of benzene rings is 1. The van der Waals surface area contributed by atoms with Crippen LogP contribution in [-0.4, -0.2) is 13.2 Å². The quantitative estimate of drug-likeness (QED) is 0.800. The molecule has 0 aliphatic carbocycles. The Morgan fingerprint density at radius 1 is 1.42 bits per heavy atom. The predicted molar refractivity (Wildman–Crippen MR) is 76.1 cm³/mol. The van der Waals surface area contributed by atoms with Crippen molar-refractivity contribution in [2.24, 2.45) is 11.7 Å². The third-order valence-corrected chi connectivity index (χ3v) is 2.81. The molecule has 1 aromatic carbocycles. The summed E-state index contributed by atoms with van der Waals surface area (Å²) in [5.74, 6) is 5.63. The van der Waals surface area contributed by atoms with E-state index in [4.69, 9.17) is 10.5 Å². The van der Waals surface area contributed by atoms with Crippen molar-refractivity contribution in [3.05, 3.63) is 35.1 Å². The molecule has 0 saturated carbocycles. The van der Waals surface area contributed by atoms with Crippen LogP contribution in [0.2, 0.25) is 0 Å². The maximum Gasteiger partial charge on any atom is 0.138 e. The average molecular weight is 263 g/mol. The second kappa shape index (κ2) is 8.68. The van der Waals surface area contributed by atoms with Gasteiger partial charge in [0.25, 0.3) is 0 Å². The van der Waals surface area contributed by atoms with Gasteiger partial charge in [-0.15, -0.1) is 0 Å². The zero-order valence-corrected chi connectivity index (χ0v) is 11.7. The summed E-state index contributed by atoms with van der Waals surface area (Å²) in [5.41, 5.74) is 6.60. The molecule has 1 unspecified atom stereocenters. The third kappa shape index (κ3) is 5.87. The average Bonchev–Trinajstić information content (AvgIpc) is 2.39. The largest absolute Gasteiger partial charge is 0.376 e. The standard InChI is InChI=1S/C16H22FNO/c1-3-5-13(2)11-19-12-14-7-8-16(17)15(10-14)6-4-9-18/h7-8,10,13H,3,5,9,11-12,18H2,1-2H3. The van der Waals surface area contributed by atoms with E-state index in [1.165, 1.54) is 12.5 Å². The van der Waals surface area contributed by atoms with Crippen molar-refractivity contribution in [2.45, 2.75) is 33.3 Å². The predicted octanol–water partition coefficient (Wildman–Crippen LogP) is 3.09. The minimum atomic E-state index is -0.316. The summed E-state index contributed by atoms with van der Waals surface area (Å²) in [6, 6.07) is 4.88. The van der Waals surface area contributed by atoms with Crippen LogP contribution in [0, 0.1) is 23.6 Å². The van der Waals surface area contributed by atoms with Gasteiger partial charge in [-0.2, -0.15) is 0 Å². The lowest BCUT2D eigenvalue weighted by Gasteiger charge is -2.11. The van der Waals surface area contributed by atoms with Crippen LogP contribution in [0.3, 0.4) is 0 Å². The maximum absolute atomic E-state index is 13.5. The summed E-state index contributed by atoms with van der Waals surface area (Å²) >= 11 is 0. The van der Waals surface area contributed by atoms with Crippen LogP contribution >= 0.6 is 0 Å². The van der Waals surface area contributed by atoms with E-state index in [2.05, 4.69) is 25.7 Å². The highest BCUT2D eigenvalue weighted by molar-refractivity contribution is 5.38. The molecule has 0 bridgehead atoms. The molecule has 0 radical (unpaired) electrons. The summed E-state index contributed by atoms with van der Waals surface area (Å²) in [4.78, 5) is 0. The first kappa shape index (κ1) is 15.7. The summed E-state index contributed by atoms with van der Waals surface area (Å²) < 4.78 is 19.1. The summed E-state index contributed by atoms with van der Waals surface area (Å²) in [5, 5.41) is 0. The Labute approximate surface area is 115 Å². The fraction of sp³-hybridized carbons (Fsp3) is 0.500. The zero-order chi connectivity index (χ0) is 14.1. The Morgan fingerprint density at radius 3 is 2.89 bits per heavy atom. The smallest absolute Gasteiger partial charge is 0.138 e. The minimum absolute atomic E-state index is 0.231. The molecule has 19 heavy (non-hydrogen) atoms. The highest BCUT2D eigenvalue weighted by Crippen LogP contribution is 2.12. The lowest BCUT2D eigenvalue weighted by Crippen LogP contribution is -2.05. The monoisotopic (exact) mass is 263 g/mol. The molecule has 0 aromatic heterocycles. The summed E-state index contributed by atoms with van der Waals surface area (Å²) in [6.07, 6.45) is 2.33. The fourth-order valence-corrected chi connectivity index (χ4v) is 1.86. The molecule has 0 aliphatic rings. The number of hydrogen-bond acceptors (Lipinski definition) is 2. The van der Waals surface area contributed by atoms with Gasteiger partial charge in [0.2, 0.25) is 0 Å². The van der Waals surface area contributed by atoms with Gasteiger partial charge in [0, 0.05) is 6.61 Å². The lowest BCUT2D eigenvalue weighted by molar-refractivity contribution is 0.0893. The Hall–Kier alpha value is -1.37. The topological polar surface area (TPSA) is 35.2 Å². The first-order valence-corrected chi connectivity index (χ1v) is 6.72. The van der Waals surface area contributed by atoms with E-state index >= 15 is 0 Å². The van der Waals surface area contributed by atoms with Gasteiger partial charge in [-0.25, -0.2) is 4.39 Å². The van der Waals surface area contributed by atoms with E-state index in [9.17, 15) is 4.39 Å². The molecule has 0 amide bonds. The number of hydrogen-bond donors (Lipinski definition) is 1. The number of rotatable bonds is 6. The molecule has 0 aliphatic heterocycles. The Morgan fingerprint density at radius 2 is 2.21 bits per heavy atom. The van der Waals surface area contributed by atoms with Crippen molar-refractivity contribution in [3.63, 3.8) is 0 Å². The Balaban J connectivity index is 2.55. The molecule has 1 atom stereocenters. The van der Waals surface area contributed by atoms with Gasteiger partial charge in [-0.1, -0.05) is 38.2 Å². The van der Waals surface area contributed by atoms with Crippen molar-refractivity contribution in [1.82, 2.24) is 0 Å². The van der Waals surface area contributed by atoms with E-state index in [1.807, 2.05) is 0 Å². The van der Waals surface area contributed by atoms with Crippen LogP contribution in [0.25, 0.3) is 0 Å². The van der Waals surface area contributed by atoms with E-state index in [-0.39, 0.29) is 12.4 Å². The molecule has 3 heteroatoms. The molecular weight excluding hydrogens is 241 g/mol. The van der Waals surface area contributed by atoms with Crippen molar-refractivity contribution in [1.29, 1.82) is 0 Å². The summed E-state index contributed by atoms with van der Waals surface area (Å²) in [6.45, 7) is 5.79. The van der Waals surface area contributed by atoms with Gasteiger partial charge in [-0.05, 0) is 30.0 Å². The molecule has 2 N–H and O–H groups in total. The van der Waals surface area contributed by atoms with Crippen LogP contribution < -0.4 is 5.73 Å². The van der Waals surface area contributed by atoms with Crippen LogP contribution in [-0.2, 0) is 11.3 Å². The lowest BCUT2D eigenvalue weighted by atomic mass is 10.1. The molecule has 104 valence electrons. The molecule has 2 nitrogen and oxygen atoms in total. The van der Waals surface area contributed by atoms with Crippen LogP contribution in [0.4, 0.5) is 4.39 Å². The van der Waals surface area contributed by atoms with E-state index in [1.54, 1.807) is 12.1 Å². The summed E-state index contributed by atoms with van der Waals surface area (Å²) in [7, 11) is 0. The second-order valence-electron chi connectivity index (χ2n) is 4.73. The second-order valence-corrected chi connectivity index (χ2v) is 4.73. The Kier molecular flexibility index (Phi) is 7.17. The van der Waals surface area contributed by atoms with Crippen LogP contribution in [0.15, 0.2) is 18.2 Å². The molecule has 0 saturated heterocycles. The van der Waals surface area contributed by atoms with Crippen LogP contribution in [0.5, 0.6) is 0 Å². The molecule has 0 fully saturated rings. The number of nitrogens with two attached hydrogens (primary N) is 1. The SMILES string of the molecule is CCCC(C)COCc1ccc(F)c(C#CCN)c1. The van der Waals surface area contributed by atoms with Gasteiger partial charge in [-0.3, -0.25) is 0 Å². The highest BCUT2D eigenvalue weighted by Gasteiger charge is 2.04. The molecule has 0 spiro atoms. The van der Waals surface area contributed by atoms with Gasteiger partial charge in [0.15, 0.2) is 0 Å². The Bertz CT molecular complexity index is 448. The number of ether oxygens (including phenoxy) is 1. The first-order chi connectivity index (χ1) is 9.17. The first-order valence-electron chi connectivity index (χ1n) is 6.72. The van der Waals surface area contributed by atoms with Crippen molar-refractivity contribution in [2.75, 3.05) is 13.2 Å². The minimum Gasteiger partial charge on any atom is -0.376 e. The van der Waals surface area contributed by atoms with Crippen molar-refractivity contribution in [3.8, 4) is 11.8 Å². The van der Waals surface area contributed by atoms with E-state index < -0.39 is 0 Å². The molecular formula is C16H22FNO. The van der Waals surface area contributed by atoms with Gasteiger partial charge in [0.05, 0.1) is 18.7 Å².